The number of ether oxygens (including phenoxy) is 1. The van der Waals surface area contributed by atoms with Gasteiger partial charge in [-0.3, -0.25) is 57.5 Å². The molecule has 0 aliphatic carbocycles. The molecule has 6 rings (SSSR count). The normalized spacial score (nSPS) is 14.1. The second kappa shape index (κ2) is 45.6. The Kier molecular flexibility index (Phi) is 36.4. The number of aliphatic hydroxyl groups excluding tert-OH is 3. The second-order valence-corrected chi connectivity index (χ2v) is 29.0. The van der Waals surface area contributed by atoms with Crippen molar-refractivity contribution >= 4 is 70.9 Å². The first-order valence-electron chi connectivity index (χ1n) is 38.0. The summed E-state index contributed by atoms with van der Waals surface area (Å²) in [5.74, 6) is -13.9. The molecule has 0 aliphatic rings. The highest BCUT2D eigenvalue weighted by atomic mass is 19.1. The van der Waals surface area contributed by atoms with Crippen molar-refractivity contribution in [3.05, 3.63) is 159 Å². The Morgan fingerprint density at radius 3 is 1.95 bits per heavy atom. The monoisotopic (exact) mass is 1610 g/mol. The Labute approximate surface area is 669 Å². The van der Waals surface area contributed by atoms with E-state index in [1.165, 1.54) is 32.0 Å². The third-order valence-electron chi connectivity index (χ3n) is 18.8. The van der Waals surface area contributed by atoms with Gasteiger partial charge >= 0.3 is 5.97 Å². The number of aromatic amines is 2. The molecule has 18 N–H and O–H groups in total. The minimum atomic E-state index is -2.40. The Morgan fingerprint density at radius 2 is 1.32 bits per heavy atom. The van der Waals surface area contributed by atoms with Gasteiger partial charge in [0, 0.05) is 43.3 Å². The summed E-state index contributed by atoms with van der Waals surface area (Å²) < 4.78 is 21.5. The largest absolute Gasteiger partial charge is 0.494 e. The van der Waals surface area contributed by atoms with Gasteiger partial charge in [0.15, 0.2) is 5.82 Å². The molecule has 11 amide bonds. The van der Waals surface area contributed by atoms with E-state index in [-0.39, 0.29) is 37.1 Å². The second-order valence-electron chi connectivity index (χ2n) is 29.0. The van der Waals surface area contributed by atoms with E-state index < -0.39 is 168 Å². The Balaban J connectivity index is 1.15. The third kappa shape index (κ3) is 29.9. The summed E-state index contributed by atoms with van der Waals surface area (Å²) in [5, 5.41) is 83.6. The van der Waals surface area contributed by atoms with E-state index in [2.05, 4.69) is 93.8 Å². The highest BCUT2D eigenvalue weighted by Gasteiger charge is 2.43. The quantitative estimate of drug-likeness (QED) is 0.0110. The van der Waals surface area contributed by atoms with Crippen LogP contribution in [0.3, 0.4) is 0 Å². The standard InChI is InChI=1S/C78H105FN20O17/c1-9-50-36-54(116-31-16-15-30-85-97-81)28-29-55(50)51-26-24-48(25-27-51)35-58(70(109)86-57(68(80)107)22-17-18-49-33-44(2)32-45(3)34-49)87-71(110)60(38-65(105)106)88-72(111)61(42-100)89-73(112)66(46(4)101)92-76(115)78(8,39-52-19-13-14-21-56(52)79)94-74(113)67(47(5)102)91-64(104)41-83-69(108)59(37-62-95-98-99-96-62)90-75(114)77(6,7)93-63(103)23-12-10-11-20-53-40-82-43-84-53/h13-14,19,21,24-29,32-34,36,40,43,46-47,57-61,66-67,100-102H,9-12,15-18,20,22-23,30-31,35,37-39,41-42H2,1-8H3,(H2,80,107)(H,82,84)(H,83,108)(H,86,109)(H,87,110)(H,88,111)(H,89,112)(H,90,114)(H,91,104)(H,92,115)(H,93,103)(H,94,113)(H,105,106)(H,95,96,98,99)/t46-,47-,57+,58+,59+,60+,61+,66+,67+,78+/m1/s1. The number of aromatic nitrogens is 6. The van der Waals surface area contributed by atoms with Crippen LogP contribution in [0.5, 0.6) is 5.75 Å². The molecule has 6 aromatic rings. The average molecular weight is 1610 g/mol. The summed E-state index contributed by atoms with van der Waals surface area (Å²) >= 11 is 0. The fourth-order valence-electron chi connectivity index (χ4n) is 12.5. The molecule has 37 nitrogen and oxygen atoms in total. The van der Waals surface area contributed by atoms with Crippen LogP contribution >= 0.6 is 0 Å². The molecule has 0 saturated carbocycles. The van der Waals surface area contributed by atoms with Crippen LogP contribution in [0.15, 0.2) is 103 Å². The van der Waals surface area contributed by atoms with Crippen molar-refractivity contribution in [2.24, 2.45) is 10.8 Å². The zero-order valence-corrected chi connectivity index (χ0v) is 66.1. The topological polar surface area (TPSA) is 573 Å². The van der Waals surface area contributed by atoms with E-state index in [1.54, 1.807) is 36.8 Å². The molecule has 2 aromatic heterocycles. The number of halogens is 1. The first kappa shape index (κ1) is 92.6. The molecule has 10 atom stereocenters. The molecular weight excluding hydrogens is 1510 g/mol. The molecule has 0 spiro atoms. The van der Waals surface area contributed by atoms with Crippen LogP contribution in [0.4, 0.5) is 4.39 Å². The lowest BCUT2D eigenvalue weighted by atomic mass is 9.90. The highest BCUT2D eigenvalue weighted by Crippen LogP contribution is 2.29. The first-order chi connectivity index (χ1) is 55.1. The number of aryl methyl sites for hydroxylation is 5. The molecule has 0 saturated heterocycles. The number of carbonyl (C=O) groups excluding carboxylic acids is 11. The first-order valence-corrected chi connectivity index (χ1v) is 38.0. The number of H-pyrrole nitrogens is 2. The number of nitrogens with two attached hydrogens (primary N) is 1. The lowest BCUT2D eigenvalue weighted by Crippen LogP contribution is -2.67. The number of amides is 11. The molecule has 0 radical (unpaired) electrons. The molecule has 116 heavy (non-hydrogen) atoms. The summed E-state index contributed by atoms with van der Waals surface area (Å²) in [6.45, 7) is 10.4. The number of hydrogen-bond donors (Lipinski definition) is 17. The number of rotatable bonds is 49. The van der Waals surface area contributed by atoms with Gasteiger partial charge in [-0.1, -0.05) is 102 Å². The number of unbranched alkanes of at least 4 members (excludes halogenated alkanes) is 3. The summed E-state index contributed by atoms with van der Waals surface area (Å²) in [7, 11) is 0. The molecule has 4 aromatic carbocycles. The number of tetrazole rings is 1. The number of hydrogen-bond acceptors (Lipinski definition) is 21. The summed E-state index contributed by atoms with van der Waals surface area (Å²) in [4.78, 5) is 176. The molecule has 38 heteroatoms. The number of benzene rings is 4. The molecular formula is C78H105FN20O17. The fraction of sp³-hybridized carbons (Fsp3) is 0.487. The van der Waals surface area contributed by atoms with Crippen molar-refractivity contribution < 1.29 is 87.1 Å². The zero-order chi connectivity index (χ0) is 85.2. The van der Waals surface area contributed by atoms with Crippen molar-refractivity contribution in [1.82, 2.24) is 83.8 Å². The number of aliphatic hydroxyl groups is 3. The van der Waals surface area contributed by atoms with Crippen LogP contribution < -0.4 is 63.6 Å². The maximum Gasteiger partial charge on any atom is 0.305 e. The minimum Gasteiger partial charge on any atom is -0.494 e. The van der Waals surface area contributed by atoms with E-state index in [4.69, 9.17) is 16.0 Å². The van der Waals surface area contributed by atoms with Gasteiger partial charge in [-0.05, 0) is 163 Å². The molecule has 2 heterocycles. The van der Waals surface area contributed by atoms with Crippen LogP contribution in [-0.4, -0.2) is 214 Å². The third-order valence-corrected chi connectivity index (χ3v) is 18.8. The highest BCUT2D eigenvalue weighted by molar-refractivity contribution is 6.00. The van der Waals surface area contributed by atoms with Crippen LogP contribution in [-0.2, 0) is 96.1 Å². The van der Waals surface area contributed by atoms with Crippen molar-refractivity contribution in [1.29, 1.82) is 0 Å². The number of primary amides is 1. The lowest BCUT2D eigenvalue weighted by Gasteiger charge is -2.34. The number of carboxylic acids is 1. The number of aliphatic carboxylic acids is 1. The Morgan fingerprint density at radius 1 is 0.664 bits per heavy atom. The predicted octanol–water partition coefficient (Wildman–Crippen LogP) is 1.22. The van der Waals surface area contributed by atoms with E-state index in [9.17, 15) is 78.0 Å². The number of nitrogens with zero attached hydrogens (tertiary/aromatic N) is 7. The van der Waals surface area contributed by atoms with Crippen molar-refractivity contribution in [3.63, 3.8) is 0 Å². The van der Waals surface area contributed by atoms with E-state index in [0.717, 1.165) is 72.3 Å². The van der Waals surface area contributed by atoms with E-state index >= 15 is 4.39 Å². The van der Waals surface area contributed by atoms with Crippen LogP contribution in [0, 0.1) is 19.7 Å². The maximum absolute atomic E-state index is 15.6. The summed E-state index contributed by atoms with van der Waals surface area (Å²) in [5.41, 5.74) is 17.2. The van der Waals surface area contributed by atoms with Gasteiger partial charge in [0.25, 0.3) is 0 Å². The van der Waals surface area contributed by atoms with Crippen LogP contribution in [0.2, 0.25) is 0 Å². The van der Waals surface area contributed by atoms with Crippen LogP contribution in [0.1, 0.15) is 144 Å². The summed E-state index contributed by atoms with van der Waals surface area (Å²) in [6, 6.07) is 10.9. The van der Waals surface area contributed by atoms with Gasteiger partial charge in [-0.25, -0.2) is 9.37 Å². The molecule has 626 valence electrons. The van der Waals surface area contributed by atoms with Gasteiger partial charge in [0.05, 0.1) is 50.4 Å². The number of imidazole rings is 1. The van der Waals surface area contributed by atoms with Crippen molar-refractivity contribution in [2.45, 2.75) is 217 Å². The van der Waals surface area contributed by atoms with Gasteiger partial charge in [-0.15, -0.1) is 10.2 Å². The number of carbonyl (C=O) groups is 12. The zero-order valence-electron chi connectivity index (χ0n) is 66.1. The van der Waals surface area contributed by atoms with Gasteiger partial charge in [-0.2, -0.15) is 5.21 Å². The number of nitrogens with one attached hydrogen (secondary N) is 12. The SMILES string of the molecule is CCc1cc(OCCCCN=[N+]=[N-])ccc1-c1ccc(C[C@H](NC(=O)[C@H](CC(=O)O)NC(=O)[C@H](CO)NC(=O)[C@@H](NC(=O)[C@](C)(Cc2ccccc2F)NC(=O)[C@@H](NC(=O)CNC(=O)[C@H](Cc2nn[nH]n2)NC(=O)C(C)(C)NC(=O)CCCCCc2c[nH]cn2)[C@@H](C)O)[C@@H](C)O)C(=O)N[C@@H](CCCc2cc(C)cc(C)c2)C(N)=O)cc1. The molecule has 0 unspecified atom stereocenters. The van der Waals surface area contributed by atoms with Crippen LogP contribution in [0.25, 0.3) is 21.6 Å². The summed E-state index contributed by atoms with van der Waals surface area (Å²) in [6.07, 6.45) is 2.77. The Bertz CT molecular complexity index is 4370. The Hall–Kier alpha value is -12.3. The molecule has 0 fully saturated rings. The predicted molar refractivity (Wildman–Crippen MR) is 418 cm³/mol. The molecule has 0 aliphatic heterocycles. The van der Waals surface area contributed by atoms with E-state index in [1.807, 2.05) is 57.2 Å². The number of azide groups is 1. The minimum absolute atomic E-state index is 0.0448. The smallest absolute Gasteiger partial charge is 0.305 e. The van der Waals surface area contributed by atoms with Gasteiger partial charge in [0.2, 0.25) is 65.0 Å². The van der Waals surface area contributed by atoms with Crippen molar-refractivity contribution in [3.8, 4) is 16.9 Å². The van der Waals surface area contributed by atoms with Gasteiger partial charge < -0.3 is 89.0 Å². The fourth-order valence-corrected chi connectivity index (χ4v) is 12.5. The van der Waals surface area contributed by atoms with Gasteiger partial charge in [0.1, 0.15) is 64.9 Å². The van der Waals surface area contributed by atoms with E-state index in [0.29, 0.717) is 75.8 Å². The van der Waals surface area contributed by atoms with Crippen molar-refractivity contribution in [2.75, 3.05) is 26.3 Å². The average Bonchev–Trinajstić information content (AvgIpc) is 1.05. The molecule has 0 bridgehead atoms. The lowest BCUT2D eigenvalue weighted by molar-refractivity contribution is -0.142. The number of carboxylic acid groups (broad SMARTS) is 1. The maximum atomic E-state index is 15.6.